The maximum atomic E-state index is 9.42. The zero-order valence-corrected chi connectivity index (χ0v) is 9.51. The molecule has 0 atom stereocenters. The Morgan fingerprint density at radius 2 is 1.35 bits per heavy atom. The number of rotatable bonds is 2. The summed E-state index contributed by atoms with van der Waals surface area (Å²) in [5.41, 5.74) is 2.78. The summed E-state index contributed by atoms with van der Waals surface area (Å²) < 4.78 is 0. The molecule has 3 heteroatoms. The van der Waals surface area contributed by atoms with Gasteiger partial charge in [0.25, 0.3) is 0 Å². The van der Waals surface area contributed by atoms with E-state index in [0.29, 0.717) is 6.42 Å². The highest BCUT2D eigenvalue weighted by molar-refractivity contribution is 5.43. The molecule has 0 bridgehead atoms. The standard InChI is InChI=1S/C14H14O3/c1-9-6-10(2-4-12(9)15)7-11-3-5-13(16)14(17)8-11/h2-6,8,15-17H,7H2,1H3. The highest BCUT2D eigenvalue weighted by Crippen LogP contribution is 2.26. The van der Waals surface area contributed by atoms with Crippen LogP contribution in [0.2, 0.25) is 0 Å². The van der Waals surface area contributed by atoms with E-state index in [9.17, 15) is 15.3 Å². The summed E-state index contributed by atoms with van der Waals surface area (Å²) in [6.07, 6.45) is 0.648. The molecular weight excluding hydrogens is 216 g/mol. The zero-order valence-electron chi connectivity index (χ0n) is 9.51. The molecule has 0 aromatic heterocycles. The van der Waals surface area contributed by atoms with E-state index in [1.807, 2.05) is 19.1 Å². The minimum atomic E-state index is -0.115. The molecule has 3 N–H and O–H groups in total. The molecule has 0 spiro atoms. The third kappa shape index (κ3) is 2.50. The summed E-state index contributed by atoms with van der Waals surface area (Å²) in [6.45, 7) is 1.84. The second-order valence-electron chi connectivity index (χ2n) is 4.12. The number of aryl methyl sites for hydroxylation is 1. The smallest absolute Gasteiger partial charge is 0.157 e. The van der Waals surface area contributed by atoms with Crippen LogP contribution in [-0.4, -0.2) is 15.3 Å². The number of benzene rings is 2. The molecule has 0 fully saturated rings. The summed E-state index contributed by atoms with van der Waals surface area (Å²) in [4.78, 5) is 0. The van der Waals surface area contributed by atoms with Crippen LogP contribution in [0.1, 0.15) is 16.7 Å². The van der Waals surface area contributed by atoms with Gasteiger partial charge in [-0.05, 0) is 48.2 Å². The van der Waals surface area contributed by atoms with Crippen LogP contribution in [0.5, 0.6) is 17.2 Å². The number of hydrogen-bond donors (Lipinski definition) is 3. The topological polar surface area (TPSA) is 60.7 Å². The first-order valence-electron chi connectivity index (χ1n) is 5.35. The SMILES string of the molecule is Cc1cc(Cc2ccc(O)c(O)c2)ccc1O. The second kappa shape index (κ2) is 4.37. The van der Waals surface area contributed by atoms with Gasteiger partial charge in [0.05, 0.1) is 0 Å². The van der Waals surface area contributed by atoms with Crippen LogP contribution < -0.4 is 0 Å². The summed E-state index contributed by atoms with van der Waals surface area (Å²) in [5, 5.41) is 28.0. The Morgan fingerprint density at radius 3 is 1.94 bits per heavy atom. The van der Waals surface area contributed by atoms with E-state index in [0.717, 1.165) is 16.7 Å². The lowest BCUT2D eigenvalue weighted by Gasteiger charge is -2.06. The van der Waals surface area contributed by atoms with Crippen LogP contribution >= 0.6 is 0 Å². The number of phenols is 3. The first-order valence-corrected chi connectivity index (χ1v) is 5.35. The Balaban J connectivity index is 2.25. The van der Waals surface area contributed by atoms with E-state index in [1.165, 1.54) is 12.1 Å². The molecule has 0 radical (unpaired) electrons. The van der Waals surface area contributed by atoms with E-state index < -0.39 is 0 Å². The predicted octanol–water partition coefficient (Wildman–Crippen LogP) is 2.70. The molecular formula is C14H14O3. The lowest BCUT2D eigenvalue weighted by molar-refractivity contribution is 0.403. The van der Waals surface area contributed by atoms with E-state index in [-0.39, 0.29) is 17.2 Å². The average molecular weight is 230 g/mol. The van der Waals surface area contributed by atoms with Gasteiger partial charge in [-0.15, -0.1) is 0 Å². The van der Waals surface area contributed by atoms with E-state index in [1.54, 1.807) is 12.1 Å². The Labute approximate surface area is 99.6 Å². The first-order chi connectivity index (χ1) is 8.06. The van der Waals surface area contributed by atoms with Crippen molar-refractivity contribution in [3.63, 3.8) is 0 Å². The minimum Gasteiger partial charge on any atom is -0.508 e. The molecule has 3 nitrogen and oxygen atoms in total. The monoisotopic (exact) mass is 230 g/mol. The molecule has 88 valence electrons. The predicted molar refractivity (Wildman–Crippen MR) is 65.4 cm³/mol. The summed E-state index contributed by atoms with van der Waals surface area (Å²) in [7, 11) is 0. The van der Waals surface area contributed by atoms with Crippen LogP contribution in [0.4, 0.5) is 0 Å². The lowest BCUT2D eigenvalue weighted by Crippen LogP contribution is -1.89. The maximum absolute atomic E-state index is 9.42. The molecule has 0 heterocycles. The Bertz CT molecular complexity index is 498. The summed E-state index contributed by atoms with van der Waals surface area (Å²) in [6, 6.07) is 10.2. The normalized spacial score (nSPS) is 10.4. The van der Waals surface area contributed by atoms with Gasteiger partial charge in [0.2, 0.25) is 0 Å². The van der Waals surface area contributed by atoms with Crippen molar-refractivity contribution >= 4 is 0 Å². The van der Waals surface area contributed by atoms with Crippen LogP contribution in [0, 0.1) is 6.92 Å². The molecule has 2 rings (SSSR count). The second-order valence-corrected chi connectivity index (χ2v) is 4.12. The van der Waals surface area contributed by atoms with Gasteiger partial charge in [-0.3, -0.25) is 0 Å². The first kappa shape index (κ1) is 11.3. The van der Waals surface area contributed by atoms with Crippen molar-refractivity contribution in [2.45, 2.75) is 13.3 Å². The minimum absolute atomic E-state index is 0.113. The van der Waals surface area contributed by atoms with Crippen molar-refractivity contribution in [1.29, 1.82) is 0 Å². The van der Waals surface area contributed by atoms with E-state index in [4.69, 9.17) is 0 Å². The Hall–Kier alpha value is -2.16. The Morgan fingerprint density at radius 1 is 0.765 bits per heavy atom. The third-order valence-electron chi connectivity index (χ3n) is 2.71. The number of hydrogen-bond acceptors (Lipinski definition) is 3. The molecule has 2 aromatic rings. The Kier molecular flexibility index (Phi) is 2.91. The maximum Gasteiger partial charge on any atom is 0.157 e. The molecule has 0 saturated carbocycles. The fourth-order valence-electron chi connectivity index (χ4n) is 1.74. The molecule has 0 aliphatic heterocycles. The van der Waals surface area contributed by atoms with Crippen LogP contribution in [0.25, 0.3) is 0 Å². The highest BCUT2D eigenvalue weighted by Gasteiger charge is 2.03. The lowest BCUT2D eigenvalue weighted by atomic mass is 10.0. The van der Waals surface area contributed by atoms with Gasteiger partial charge < -0.3 is 15.3 Å². The van der Waals surface area contributed by atoms with Crippen molar-refractivity contribution < 1.29 is 15.3 Å². The fourth-order valence-corrected chi connectivity index (χ4v) is 1.74. The van der Waals surface area contributed by atoms with Gasteiger partial charge in [-0.1, -0.05) is 18.2 Å². The highest BCUT2D eigenvalue weighted by atomic mass is 16.3. The molecule has 0 unspecified atom stereocenters. The van der Waals surface area contributed by atoms with Gasteiger partial charge in [-0.25, -0.2) is 0 Å². The van der Waals surface area contributed by atoms with Crippen molar-refractivity contribution in [1.82, 2.24) is 0 Å². The summed E-state index contributed by atoms with van der Waals surface area (Å²) in [5.74, 6) is 0.0518. The largest absolute Gasteiger partial charge is 0.508 e. The number of phenolic OH excluding ortho intramolecular Hbond substituents is 3. The molecule has 17 heavy (non-hydrogen) atoms. The van der Waals surface area contributed by atoms with Crippen LogP contribution in [-0.2, 0) is 6.42 Å². The summed E-state index contributed by atoms with van der Waals surface area (Å²) >= 11 is 0. The van der Waals surface area contributed by atoms with Gasteiger partial charge in [0.15, 0.2) is 11.5 Å². The van der Waals surface area contributed by atoms with Gasteiger partial charge in [0.1, 0.15) is 5.75 Å². The fraction of sp³-hybridized carbons (Fsp3) is 0.143. The molecule has 0 aliphatic carbocycles. The molecule has 0 amide bonds. The van der Waals surface area contributed by atoms with Gasteiger partial charge in [0, 0.05) is 0 Å². The van der Waals surface area contributed by atoms with Gasteiger partial charge >= 0.3 is 0 Å². The molecule has 2 aromatic carbocycles. The zero-order chi connectivity index (χ0) is 12.4. The van der Waals surface area contributed by atoms with Crippen LogP contribution in [0.15, 0.2) is 36.4 Å². The average Bonchev–Trinajstić information content (AvgIpc) is 2.29. The van der Waals surface area contributed by atoms with E-state index in [2.05, 4.69) is 0 Å². The van der Waals surface area contributed by atoms with Crippen molar-refractivity contribution in [3.05, 3.63) is 53.1 Å². The van der Waals surface area contributed by atoms with E-state index >= 15 is 0 Å². The van der Waals surface area contributed by atoms with Crippen LogP contribution in [0.3, 0.4) is 0 Å². The number of aromatic hydroxyl groups is 3. The molecule has 0 saturated heterocycles. The van der Waals surface area contributed by atoms with Crippen molar-refractivity contribution in [2.75, 3.05) is 0 Å². The quantitative estimate of drug-likeness (QED) is 0.695. The van der Waals surface area contributed by atoms with Crippen molar-refractivity contribution in [3.8, 4) is 17.2 Å². The van der Waals surface area contributed by atoms with Crippen molar-refractivity contribution in [2.24, 2.45) is 0 Å². The molecule has 0 aliphatic rings. The third-order valence-corrected chi connectivity index (χ3v) is 2.71. The van der Waals surface area contributed by atoms with Gasteiger partial charge in [-0.2, -0.15) is 0 Å².